The Kier molecular flexibility index (Phi) is 5.52. The number of carboxylic acid groups (broad SMARTS) is 1. The Morgan fingerprint density at radius 2 is 1.97 bits per heavy atom. The summed E-state index contributed by atoms with van der Waals surface area (Å²) in [7, 11) is 0. The molecule has 1 aromatic heterocycles. The fourth-order valence-corrected chi connectivity index (χ4v) is 3.27. The third-order valence-electron chi connectivity index (χ3n) is 4.76. The van der Waals surface area contributed by atoms with E-state index in [-0.39, 0.29) is 13.2 Å². The van der Waals surface area contributed by atoms with Crippen molar-refractivity contribution in [1.82, 2.24) is 10.3 Å². The molecule has 152 valence electrons. The standard InChI is InChI=1S/C23H20N2O5/c26-22(8-4-1-5-15-9-10-20-21(11-15)30-14-29-20)25-19(23(27)28)12-16-13-24-18-7-3-2-6-17(16)18/h1-11,13,19,24H,12,14H2,(H,25,26)(H,27,28)/b5-1+,8-4+/t19-/m0/s1. The molecule has 1 atom stereocenters. The summed E-state index contributed by atoms with van der Waals surface area (Å²) in [5.74, 6) is -0.173. The number of amides is 1. The summed E-state index contributed by atoms with van der Waals surface area (Å²) in [6, 6.07) is 12.1. The van der Waals surface area contributed by atoms with Crippen molar-refractivity contribution in [1.29, 1.82) is 0 Å². The Balaban J connectivity index is 1.36. The Morgan fingerprint density at radius 3 is 2.83 bits per heavy atom. The maximum atomic E-state index is 12.2. The van der Waals surface area contributed by atoms with Gasteiger partial charge >= 0.3 is 5.97 Å². The molecular formula is C23H20N2O5. The fraction of sp³-hybridized carbons (Fsp3) is 0.130. The summed E-state index contributed by atoms with van der Waals surface area (Å²) in [5, 5.41) is 13.0. The number of hydrogen-bond donors (Lipinski definition) is 3. The second kappa shape index (κ2) is 8.57. The number of hydrogen-bond acceptors (Lipinski definition) is 4. The van der Waals surface area contributed by atoms with Gasteiger partial charge in [-0.3, -0.25) is 4.79 Å². The van der Waals surface area contributed by atoms with E-state index in [0.717, 1.165) is 22.0 Å². The monoisotopic (exact) mass is 404 g/mol. The van der Waals surface area contributed by atoms with Crippen LogP contribution in [0, 0.1) is 0 Å². The van der Waals surface area contributed by atoms with Gasteiger partial charge in [-0.15, -0.1) is 0 Å². The molecule has 3 aromatic rings. The number of carbonyl (C=O) groups is 2. The second-order valence-corrected chi connectivity index (χ2v) is 6.79. The van der Waals surface area contributed by atoms with Crippen LogP contribution in [0.2, 0.25) is 0 Å². The summed E-state index contributed by atoms with van der Waals surface area (Å²) in [6.07, 6.45) is 8.33. The molecule has 1 amide bonds. The fourth-order valence-electron chi connectivity index (χ4n) is 3.27. The van der Waals surface area contributed by atoms with Crippen LogP contribution < -0.4 is 14.8 Å². The first kappa shape index (κ1) is 19.3. The average Bonchev–Trinajstić information content (AvgIpc) is 3.37. The third kappa shape index (κ3) is 4.35. The molecule has 0 aliphatic carbocycles. The number of benzene rings is 2. The van der Waals surface area contributed by atoms with Gasteiger partial charge in [-0.1, -0.05) is 42.5 Å². The molecule has 0 radical (unpaired) electrons. The quantitative estimate of drug-likeness (QED) is 0.414. The molecule has 0 spiro atoms. The van der Waals surface area contributed by atoms with E-state index in [1.807, 2.05) is 48.5 Å². The van der Waals surface area contributed by atoms with Crippen molar-refractivity contribution < 1.29 is 24.2 Å². The molecule has 4 rings (SSSR count). The molecule has 1 aliphatic rings. The zero-order valence-corrected chi connectivity index (χ0v) is 16.0. The number of carbonyl (C=O) groups excluding carboxylic acids is 1. The number of allylic oxidation sites excluding steroid dienone is 2. The van der Waals surface area contributed by atoms with Crippen molar-refractivity contribution in [2.45, 2.75) is 12.5 Å². The van der Waals surface area contributed by atoms with Crippen LogP contribution >= 0.6 is 0 Å². The number of aliphatic carboxylic acids is 1. The van der Waals surface area contributed by atoms with Crippen LogP contribution in [0.15, 0.2) is 66.9 Å². The predicted octanol–water partition coefficient (Wildman–Crippen LogP) is 3.28. The van der Waals surface area contributed by atoms with E-state index in [1.54, 1.807) is 18.3 Å². The Hall–Kier alpha value is -4.00. The lowest BCUT2D eigenvalue weighted by atomic mass is 10.0. The van der Waals surface area contributed by atoms with Crippen molar-refractivity contribution in [2.24, 2.45) is 0 Å². The molecule has 1 aliphatic heterocycles. The van der Waals surface area contributed by atoms with Gasteiger partial charge in [0.1, 0.15) is 6.04 Å². The lowest BCUT2D eigenvalue weighted by molar-refractivity contribution is -0.141. The molecule has 30 heavy (non-hydrogen) atoms. The van der Waals surface area contributed by atoms with Gasteiger partial charge in [-0.2, -0.15) is 0 Å². The first-order chi connectivity index (χ1) is 14.6. The first-order valence-electron chi connectivity index (χ1n) is 9.43. The van der Waals surface area contributed by atoms with Crippen LogP contribution in [0.3, 0.4) is 0 Å². The van der Waals surface area contributed by atoms with Gasteiger partial charge in [0.05, 0.1) is 0 Å². The lowest BCUT2D eigenvalue weighted by Crippen LogP contribution is -2.41. The molecule has 0 saturated carbocycles. The van der Waals surface area contributed by atoms with Crippen LogP contribution in [0.5, 0.6) is 11.5 Å². The Bertz CT molecular complexity index is 1150. The summed E-state index contributed by atoms with van der Waals surface area (Å²) in [5.41, 5.74) is 2.66. The first-order valence-corrected chi connectivity index (χ1v) is 9.43. The summed E-state index contributed by atoms with van der Waals surface area (Å²) >= 11 is 0. The van der Waals surface area contributed by atoms with Crippen LogP contribution in [-0.2, 0) is 16.0 Å². The van der Waals surface area contributed by atoms with Gasteiger partial charge < -0.3 is 24.9 Å². The predicted molar refractivity (Wildman–Crippen MR) is 112 cm³/mol. The molecule has 2 aromatic carbocycles. The summed E-state index contributed by atoms with van der Waals surface area (Å²) < 4.78 is 10.6. The van der Waals surface area contributed by atoms with Crippen LogP contribution in [0.4, 0.5) is 0 Å². The van der Waals surface area contributed by atoms with E-state index in [4.69, 9.17) is 9.47 Å². The summed E-state index contributed by atoms with van der Waals surface area (Å²) in [6.45, 7) is 0.214. The van der Waals surface area contributed by atoms with E-state index < -0.39 is 17.9 Å². The highest BCUT2D eigenvalue weighted by Crippen LogP contribution is 2.32. The molecular weight excluding hydrogens is 384 g/mol. The van der Waals surface area contributed by atoms with Crippen molar-refractivity contribution in [2.75, 3.05) is 6.79 Å². The minimum atomic E-state index is -1.09. The highest BCUT2D eigenvalue weighted by molar-refractivity contribution is 5.92. The third-order valence-corrected chi connectivity index (χ3v) is 4.76. The summed E-state index contributed by atoms with van der Waals surface area (Å²) in [4.78, 5) is 26.9. The topological polar surface area (TPSA) is 101 Å². The van der Waals surface area contributed by atoms with E-state index >= 15 is 0 Å². The highest BCUT2D eigenvalue weighted by atomic mass is 16.7. The van der Waals surface area contributed by atoms with Gasteiger partial charge in [0, 0.05) is 29.6 Å². The number of rotatable bonds is 7. The van der Waals surface area contributed by atoms with E-state index in [1.165, 1.54) is 6.08 Å². The van der Waals surface area contributed by atoms with Gasteiger partial charge in [0.2, 0.25) is 12.7 Å². The smallest absolute Gasteiger partial charge is 0.326 e. The van der Waals surface area contributed by atoms with Crippen molar-refractivity contribution in [3.63, 3.8) is 0 Å². The van der Waals surface area contributed by atoms with E-state index in [9.17, 15) is 14.7 Å². The number of carboxylic acids is 1. The second-order valence-electron chi connectivity index (χ2n) is 6.79. The lowest BCUT2D eigenvalue weighted by Gasteiger charge is -2.12. The number of aromatic amines is 1. The van der Waals surface area contributed by atoms with Gasteiger partial charge in [-0.25, -0.2) is 4.79 Å². The zero-order chi connectivity index (χ0) is 20.9. The minimum absolute atomic E-state index is 0.186. The molecule has 2 heterocycles. The number of para-hydroxylation sites is 1. The largest absolute Gasteiger partial charge is 0.480 e. The van der Waals surface area contributed by atoms with Gasteiger partial charge in [0.25, 0.3) is 0 Å². The Morgan fingerprint density at radius 1 is 1.13 bits per heavy atom. The molecule has 0 saturated heterocycles. The van der Waals surface area contributed by atoms with E-state index in [2.05, 4.69) is 10.3 Å². The molecule has 0 fully saturated rings. The van der Waals surface area contributed by atoms with Crippen LogP contribution in [0.1, 0.15) is 11.1 Å². The molecule has 3 N–H and O–H groups in total. The molecule has 0 unspecified atom stereocenters. The maximum absolute atomic E-state index is 12.2. The molecule has 7 nitrogen and oxygen atoms in total. The van der Waals surface area contributed by atoms with Gasteiger partial charge in [-0.05, 0) is 29.3 Å². The van der Waals surface area contributed by atoms with Crippen molar-refractivity contribution in [3.8, 4) is 11.5 Å². The minimum Gasteiger partial charge on any atom is -0.480 e. The number of H-pyrrole nitrogens is 1. The number of fused-ring (bicyclic) bond motifs is 2. The number of aromatic nitrogens is 1. The normalized spacial score (nSPS) is 13.9. The van der Waals surface area contributed by atoms with E-state index in [0.29, 0.717) is 11.5 Å². The van der Waals surface area contributed by atoms with Crippen molar-refractivity contribution in [3.05, 3.63) is 78.0 Å². The van der Waals surface area contributed by atoms with Crippen LogP contribution in [-0.4, -0.2) is 34.8 Å². The van der Waals surface area contributed by atoms with Crippen LogP contribution in [0.25, 0.3) is 17.0 Å². The highest BCUT2D eigenvalue weighted by Gasteiger charge is 2.21. The Labute approximate surface area is 172 Å². The number of ether oxygens (including phenoxy) is 2. The van der Waals surface area contributed by atoms with Crippen molar-refractivity contribution >= 4 is 28.9 Å². The zero-order valence-electron chi connectivity index (χ0n) is 16.0. The average molecular weight is 404 g/mol. The van der Waals surface area contributed by atoms with Gasteiger partial charge in [0.15, 0.2) is 11.5 Å². The SMILES string of the molecule is O=C(/C=C/C=C/c1ccc2c(c1)OCO2)N[C@@H](Cc1c[nH]c2ccccc12)C(=O)O. The molecule has 0 bridgehead atoms. The maximum Gasteiger partial charge on any atom is 0.326 e. The number of nitrogens with one attached hydrogen (secondary N) is 2. The molecule has 7 heteroatoms.